The number of nitrogens with one attached hydrogen (secondary N) is 2. The van der Waals surface area contributed by atoms with Crippen molar-refractivity contribution in [1.29, 1.82) is 0 Å². The topological polar surface area (TPSA) is 177 Å². The lowest BCUT2D eigenvalue weighted by molar-refractivity contribution is -0.140. The predicted molar refractivity (Wildman–Crippen MR) is 257 cm³/mol. The van der Waals surface area contributed by atoms with E-state index in [1.807, 2.05) is 17.5 Å². The molecule has 0 spiro atoms. The van der Waals surface area contributed by atoms with E-state index < -0.39 is 48.1 Å². The van der Waals surface area contributed by atoms with Gasteiger partial charge in [0.1, 0.15) is 48.0 Å². The van der Waals surface area contributed by atoms with Crippen molar-refractivity contribution in [2.45, 2.75) is 82.3 Å². The molecule has 0 unspecified atom stereocenters. The molecule has 1 aliphatic carbocycles. The largest absolute Gasteiger partial charge is 0.489 e. The van der Waals surface area contributed by atoms with Gasteiger partial charge in [0, 0.05) is 69.5 Å². The van der Waals surface area contributed by atoms with E-state index in [1.165, 1.54) is 21.6 Å². The van der Waals surface area contributed by atoms with Crippen molar-refractivity contribution < 1.29 is 46.7 Å². The molecule has 17 nitrogen and oxygen atoms in total. The number of halogens is 2. The Morgan fingerprint density at radius 2 is 1.71 bits per heavy atom. The molecular formula is C50H59F2N9O8S. The van der Waals surface area contributed by atoms with E-state index in [-0.39, 0.29) is 98.0 Å². The van der Waals surface area contributed by atoms with Gasteiger partial charge in [-0.15, -0.1) is 17.9 Å². The SMILES string of the molecule is C=C[C@H](NC)C(=O)N[C@H](C(=O)N1CCN(C(=O)c2cc3cc(F)c(F)cc3n2CC(=O)N2CCOC[C@H]2C(=C)Oc2cc(CN3CCC(Oc4ccnc5ccsc45)CC3)on2)CC1)C1CCCCC1. The van der Waals surface area contributed by atoms with E-state index in [0.717, 1.165) is 86.1 Å². The highest BCUT2D eigenvalue weighted by atomic mass is 32.1. The van der Waals surface area contributed by atoms with Crippen molar-refractivity contribution in [2.75, 3.05) is 66.1 Å². The van der Waals surface area contributed by atoms with Crippen LogP contribution in [0.5, 0.6) is 11.6 Å². The number of likely N-dealkylation sites (tertiary alicyclic amines) is 1. The van der Waals surface area contributed by atoms with Gasteiger partial charge in [0.25, 0.3) is 11.8 Å². The number of carbonyl (C=O) groups excluding carboxylic acids is 4. The first-order valence-electron chi connectivity index (χ1n) is 24.0. The van der Waals surface area contributed by atoms with Crippen LogP contribution in [0.4, 0.5) is 8.78 Å². The lowest BCUT2D eigenvalue weighted by Crippen LogP contribution is -2.59. The van der Waals surface area contributed by atoms with Gasteiger partial charge >= 0.3 is 0 Å². The fourth-order valence-corrected chi connectivity index (χ4v) is 10.9. The van der Waals surface area contributed by atoms with Crippen molar-refractivity contribution in [3.8, 4) is 11.6 Å². The summed E-state index contributed by atoms with van der Waals surface area (Å²) in [6.07, 6.45) is 9.68. The van der Waals surface area contributed by atoms with Gasteiger partial charge in [0.2, 0.25) is 17.7 Å². The van der Waals surface area contributed by atoms with Gasteiger partial charge in [-0.1, -0.05) is 31.9 Å². The second-order valence-electron chi connectivity index (χ2n) is 18.4. The van der Waals surface area contributed by atoms with Crippen molar-refractivity contribution in [2.24, 2.45) is 5.92 Å². The van der Waals surface area contributed by atoms with E-state index >= 15 is 0 Å². The quantitative estimate of drug-likeness (QED) is 0.0939. The molecule has 0 bridgehead atoms. The van der Waals surface area contributed by atoms with Crippen molar-refractivity contribution in [3.63, 3.8) is 0 Å². The maximum atomic E-state index is 14.9. The molecule has 20 heteroatoms. The Morgan fingerprint density at radius 3 is 2.47 bits per heavy atom. The number of morpholine rings is 1. The van der Waals surface area contributed by atoms with Gasteiger partial charge in [0.05, 0.1) is 35.5 Å². The van der Waals surface area contributed by atoms with Crippen molar-refractivity contribution in [1.82, 2.24) is 44.9 Å². The monoisotopic (exact) mass is 983 g/mol. The molecule has 2 N–H and O–H groups in total. The van der Waals surface area contributed by atoms with Crippen LogP contribution in [0.25, 0.3) is 21.1 Å². The molecule has 3 aliphatic heterocycles. The minimum Gasteiger partial charge on any atom is -0.489 e. The molecule has 7 heterocycles. The third-order valence-electron chi connectivity index (χ3n) is 14.0. The molecule has 4 aliphatic rings. The van der Waals surface area contributed by atoms with E-state index in [1.54, 1.807) is 40.4 Å². The van der Waals surface area contributed by atoms with Gasteiger partial charge in [-0.2, -0.15) is 0 Å². The Hall–Kier alpha value is -6.22. The minimum atomic E-state index is -1.13. The molecule has 3 saturated heterocycles. The molecule has 1 saturated carbocycles. The van der Waals surface area contributed by atoms with Crippen LogP contribution in [0.2, 0.25) is 0 Å². The van der Waals surface area contributed by atoms with Gasteiger partial charge in [-0.05, 0) is 73.5 Å². The van der Waals surface area contributed by atoms with Crippen LogP contribution < -0.4 is 20.1 Å². The summed E-state index contributed by atoms with van der Waals surface area (Å²) in [5, 5.41) is 12.3. The number of likely N-dealkylation sites (N-methyl/N-ethyl adjacent to an activating group) is 1. The van der Waals surface area contributed by atoms with Gasteiger partial charge in [0.15, 0.2) is 17.4 Å². The van der Waals surface area contributed by atoms with E-state index in [9.17, 15) is 28.0 Å². The third kappa shape index (κ3) is 10.7. The normalized spacial score (nSPS) is 19.5. The Morgan fingerprint density at radius 1 is 0.957 bits per heavy atom. The number of benzene rings is 1. The number of thiophene rings is 1. The highest BCUT2D eigenvalue weighted by Gasteiger charge is 2.38. The number of hydrogen-bond acceptors (Lipinski definition) is 13. The first kappa shape index (κ1) is 48.8. The third-order valence-corrected chi connectivity index (χ3v) is 14.9. The van der Waals surface area contributed by atoms with Crippen LogP contribution in [-0.2, 0) is 32.2 Å². The van der Waals surface area contributed by atoms with Crippen molar-refractivity contribution in [3.05, 3.63) is 96.1 Å². The van der Waals surface area contributed by atoms with Crippen LogP contribution in [0, 0.1) is 17.6 Å². The molecule has 372 valence electrons. The summed E-state index contributed by atoms with van der Waals surface area (Å²) in [6.45, 7) is 10.8. The van der Waals surface area contributed by atoms with Crippen LogP contribution in [0.15, 0.2) is 77.5 Å². The Kier molecular flexibility index (Phi) is 15.2. The number of piperazine rings is 1. The maximum absolute atomic E-state index is 14.9. The van der Waals surface area contributed by atoms with Gasteiger partial charge in [-0.25, -0.2) is 8.78 Å². The van der Waals surface area contributed by atoms with Crippen LogP contribution in [0.1, 0.15) is 61.2 Å². The highest BCUT2D eigenvalue weighted by Crippen LogP contribution is 2.33. The zero-order valence-electron chi connectivity index (χ0n) is 39.3. The van der Waals surface area contributed by atoms with Crippen molar-refractivity contribution >= 4 is 56.1 Å². The number of hydrogen-bond donors (Lipinski definition) is 2. The number of piperidine rings is 1. The summed E-state index contributed by atoms with van der Waals surface area (Å²) in [5.41, 5.74) is 1.15. The molecule has 70 heavy (non-hydrogen) atoms. The second kappa shape index (κ2) is 21.8. The first-order valence-corrected chi connectivity index (χ1v) is 24.9. The van der Waals surface area contributed by atoms with E-state index in [2.05, 4.69) is 38.8 Å². The number of pyridine rings is 1. The summed E-state index contributed by atoms with van der Waals surface area (Å²) in [4.78, 5) is 67.5. The van der Waals surface area contributed by atoms with E-state index in [4.69, 9.17) is 18.7 Å². The van der Waals surface area contributed by atoms with Crippen LogP contribution >= 0.6 is 11.3 Å². The molecule has 4 amide bonds. The number of nitrogens with zero attached hydrogens (tertiary/aromatic N) is 7. The first-order chi connectivity index (χ1) is 34.0. The maximum Gasteiger partial charge on any atom is 0.270 e. The number of ether oxygens (including phenoxy) is 3. The number of carbonyl (C=O) groups is 4. The van der Waals surface area contributed by atoms with Crippen LogP contribution in [-0.4, -0.2) is 148 Å². The second-order valence-corrected chi connectivity index (χ2v) is 19.3. The number of aromatic nitrogens is 3. The summed E-state index contributed by atoms with van der Waals surface area (Å²) >= 11 is 1.62. The number of fused-ring (bicyclic) bond motifs is 2. The Balaban J connectivity index is 0.829. The van der Waals surface area contributed by atoms with Crippen LogP contribution in [0.3, 0.4) is 0 Å². The average molecular weight is 984 g/mol. The summed E-state index contributed by atoms with van der Waals surface area (Å²) < 4.78 is 55.8. The molecular weight excluding hydrogens is 925 g/mol. The predicted octanol–water partition coefficient (Wildman–Crippen LogP) is 5.50. The molecule has 9 rings (SSSR count). The fraction of sp³-hybridized carbons (Fsp3) is 0.480. The lowest BCUT2D eigenvalue weighted by atomic mass is 9.83. The van der Waals surface area contributed by atoms with Gasteiger partial charge in [-0.3, -0.25) is 29.1 Å². The summed E-state index contributed by atoms with van der Waals surface area (Å²) in [7, 11) is 1.65. The average Bonchev–Trinajstić information content (AvgIpc) is 4.14. The number of rotatable bonds is 16. The molecule has 1 aromatic carbocycles. The molecule has 4 aromatic heterocycles. The summed E-state index contributed by atoms with van der Waals surface area (Å²) in [5.74, 6) is -1.87. The Bertz CT molecular complexity index is 2720. The standard InChI is InChI=1S/C50H59F2N9O8S/c1-4-38(53-3)48(63)55-46(32-8-6-5-7-9-32)50(65)59-19-17-58(18-20-59)49(64)41-25-33-24-36(51)37(52)27-40(33)61(41)29-45(62)60-21-22-66-30-42(60)31(2)67-44-26-35(69-56-44)28-57-15-11-34(12-16-57)68-43-10-14-54-39-13-23-70-47(39)43/h4,10,13-14,23-27,32,34,38,42,46,53H,1-2,5-9,11-12,15-22,28-30H2,3H3,(H,55,63)/t38-,42-,46-/m0/s1. The zero-order chi connectivity index (χ0) is 48.9. The van der Waals surface area contributed by atoms with Gasteiger partial charge < -0.3 is 48.6 Å². The highest BCUT2D eigenvalue weighted by molar-refractivity contribution is 7.17. The molecule has 4 fully saturated rings. The fourth-order valence-electron chi connectivity index (χ4n) is 10.1. The minimum absolute atomic E-state index is 0.0193. The smallest absolute Gasteiger partial charge is 0.270 e. The van der Waals surface area contributed by atoms with E-state index in [0.29, 0.717) is 12.3 Å². The number of amides is 4. The lowest BCUT2D eigenvalue weighted by Gasteiger charge is -2.39. The Labute approximate surface area is 408 Å². The summed E-state index contributed by atoms with van der Waals surface area (Å²) in [6, 6.07) is 6.91. The molecule has 0 radical (unpaired) electrons. The zero-order valence-corrected chi connectivity index (χ0v) is 40.1. The molecule has 5 aromatic rings. The molecule has 3 atom stereocenters.